The molecule has 364 valence electrons. The predicted octanol–water partition coefficient (Wildman–Crippen LogP) is 8.71. The fraction of sp³-hybridized carbons (Fsp3) is 0.286. The standard InChI is InChI=1S/C49H45F6N9O6/c1-5-69-43(65)39-29(3)63(37-11-7-9-35(25-37)48(50,51)52)46(67)61(41(39)33-17-13-31(27-56)14-18-33)23-21-59-45(58)60-22-24-62-42(34-19-15-32(28-57)16-20-34)40(44(66)70-6-2)30(4)64(47(62)68)38-12-8-10-36(26-38)49(53,54)55/h7-20,25-26,41-42H,5-6,21-24H2,1-4H3,(H3,58,59,60)/t41-,42-/m1/s1. The molecule has 0 saturated heterocycles. The number of nitrogens with one attached hydrogen (secondary N) is 1. The number of amides is 4. The third-order valence-corrected chi connectivity index (χ3v) is 11.3. The third-order valence-electron chi connectivity index (χ3n) is 11.3. The molecule has 0 radical (unpaired) electrons. The SMILES string of the molecule is CCOC(=O)C1=C(C)N(c2cccc(C(F)(F)F)c2)C(=O)N(CCN=C(N)NCCN2C(=O)N(c3cccc(C(F)(F)F)c3)C(C)=C(C(=O)OCC)[C@H]2c2ccc(C#N)cc2)[C@@H]1c1ccc(C#N)cc1. The summed E-state index contributed by atoms with van der Waals surface area (Å²) in [5.41, 5.74) is 4.97. The fourth-order valence-corrected chi connectivity index (χ4v) is 8.16. The van der Waals surface area contributed by atoms with Gasteiger partial charge in [0, 0.05) is 31.0 Å². The van der Waals surface area contributed by atoms with Crippen molar-refractivity contribution in [2.24, 2.45) is 10.7 Å². The average molecular weight is 970 g/mol. The first-order valence-electron chi connectivity index (χ1n) is 21.6. The molecule has 0 fully saturated rings. The number of benzene rings is 4. The number of nitrogens with two attached hydrogens (primary N) is 1. The van der Waals surface area contributed by atoms with E-state index < -0.39 is 59.6 Å². The van der Waals surface area contributed by atoms with Crippen LogP contribution in [0, 0.1) is 22.7 Å². The lowest BCUT2D eigenvalue weighted by Crippen LogP contribution is -2.53. The topological polar surface area (TPSA) is 198 Å². The van der Waals surface area contributed by atoms with Gasteiger partial charge < -0.3 is 30.3 Å². The summed E-state index contributed by atoms with van der Waals surface area (Å²) in [7, 11) is 0. The average Bonchev–Trinajstić information content (AvgIpc) is 3.32. The molecule has 6 rings (SSSR count). The highest BCUT2D eigenvalue weighted by Gasteiger charge is 2.45. The molecule has 0 saturated carbocycles. The molecule has 4 aromatic carbocycles. The first-order chi connectivity index (χ1) is 33.2. The number of hydrogen-bond acceptors (Lipinski definition) is 9. The van der Waals surface area contributed by atoms with Crippen LogP contribution in [-0.2, 0) is 31.4 Å². The molecule has 0 spiro atoms. The number of guanidine groups is 1. The van der Waals surface area contributed by atoms with Crippen LogP contribution in [0.3, 0.4) is 0 Å². The Morgan fingerprint density at radius 1 is 0.671 bits per heavy atom. The molecule has 4 aromatic rings. The van der Waals surface area contributed by atoms with Crippen molar-refractivity contribution < 1.29 is 55.0 Å². The second-order valence-electron chi connectivity index (χ2n) is 15.6. The van der Waals surface area contributed by atoms with Crippen molar-refractivity contribution in [2.75, 3.05) is 49.2 Å². The van der Waals surface area contributed by atoms with Crippen molar-refractivity contribution in [1.29, 1.82) is 10.5 Å². The van der Waals surface area contributed by atoms with E-state index in [2.05, 4.69) is 10.3 Å². The van der Waals surface area contributed by atoms with Gasteiger partial charge in [-0.2, -0.15) is 36.9 Å². The van der Waals surface area contributed by atoms with Crippen LogP contribution in [0.2, 0.25) is 0 Å². The Morgan fingerprint density at radius 3 is 1.44 bits per heavy atom. The lowest BCUT2D eigenvalue weighted by molar-refractivity contribution is -0.140. The van der Waals surface area contributed by atoms with Crippen molar-refractivity contribution in [3.63, 3.8) is 0 Å². The van der Waals surface area contributed by atoms with E-state index in [-0.39, 0.29) is 90.4 Å². The van der Waals surface area contributed by atoms with Crippen LogP contribution in [-0.4, -0.2) is 79.2 Å². The third kappa shape index (κ3) is 10.8. The molecule has 2 aliphatic heterocycles. The number of hydrogen-bond donors (Lipinski definition) is 2. The van der Waals surface area contributed by atoms with E-state index in [0.717, 1.165) is 46.2 Å². The number of allylic oxidation sites excluding steroid dienone is 2. The van der Waals surface area contributed by atoms with E-state index in [9.17, 15) is 56.0 Å². The van der Waals surface area contributed by atoms with Gasteiger partial charge in [0.25, 0.3) is 0 Å². The molecular formula is C49H45F6N9O6. The number of esters is 2. The number of nitrogens with zero attached hydrogens (tertiary/aromatic N) is 7. The zero-order valence-electron chi connectivity index (χ0n) is 38.1. The van der Waals surface area contributed by atoms with Crippen LogP contribution in [0.15, 0.2) is 125 Å². The maximum Gasteiger partial charge on any atom is 0.416 e. The summed E-state index contributed by atoms with van der Waals surface area (Å²) in [6.45, 7) is 4.79. The summed E-state index contributed by atoms with van der Waals surface area (Å²) in [6, 6.07) is 20.1. The summed E-state index contributed by atoms with van der Waals surface area (Å²) in [4.78, 5) is 65.5. The number of halogens is 6. The first kappa shape index (κ1) is 51.1. The largest absolute Gasteiger partial charge is 0.463 e. The Balaban J connectivity index is 1.33. The van der Waals surface area contributed by atoms with Gasteiger partial charge in [-0.25, -0.2) is 19.2 Å². The zero-order chi connectivity index (χ0) is 51.1. The van der Waals surface area contributed by atoms with Crippen LogP contribution < -0.4 is 20.9 Å². The Hall–Kier alpha value is -8.33. The molecule has 3 N–H and O–H groups in total. The summed E-state index contributed by atoms with van der Waals surface area (Å²) in [6.07, 6.45) is -9.54. The number of alkyl halides is 6. The fourth-order valence-electron chi connectivity index (χ4n) is 8.16. The number of urea groups is 2. The van der Waals surface area contributed by atoms with E-state index in [4.69, 9.17) is 15.2 Å². The maximum atomic E-state index is 14.6. The monoisotopic (exact) mass is 969 g/mol. The van der Waals surface area contributed by atoms with Crippen LogP contribution in [0.5, 0.6) is 0 Å². The summed E-state index contributed by atoms with van der Waals surface area (Å²) in [5, 5.41) is 21.8. The van der Waals surface area contributed by atoms with E-state index in [1.807, 2.05) is 12.1 Å². The van der Waals surface area contributed by atoms with Gasteiger partial charge in [0.05, 0.1) is 88.8 Å². The molecule has 0 unspecified atom stereocenters. The van der Waals surface area contributed by atoms with Gasteiger partial charge in [0.15, 0.2) is 5.96 Å². The number of ether oxygens (including phenoxy) is 2. The molecular weight excluding hydrogens is 925 g/mol. The highest BCUT2D eigenvalue weighted by molar-refractivity contribution is 6.04. The van der Waals surface area contributed by atoms with E-state index >= 15 is 0 Å². The summed E-state index contributed by atoms with van der Waals surface area (Å²) in [5.74, 6) is -1.94. The van der Waals surface area contributed by atoms with Gasteiger partial charge in [-0.3, -0.25) is 14.8 Å². The number of carbonyl (C=O) groups is 4. The summed E-state index contributed by atoms with van der Waals surface area (Å²) < 4.78 is 94.4. The Bertz CT molecular complexity index is 2830. The van der Waals surface area contributed by atoms with Gasteiger partial charge in [-0.15, -0.1) is 0 Å². The number of anilines is 2. The van der Waals surface area contributed by atoms with Crippen molar-refractivity contribution in [1.82, 2.24) is 15.1 Å². The molecule has 2 heterocycles. The lowest BCUT2D eigenvalue weighted by atomic mass is 9.92. The Kier molecular flexibility index (Phi) is 15.6. The van der Waals surface area contributed by atoms with Gasteiger partial charge >= 0.3 is 36.4 Å². The molecule has 15 nitrogen and oxygen atoms in total. The van der Waals surface area contributed by atoms with Crippen molar-refractivity contribution in [3.8, 4) is 12.1 Å². The molecule has 0 bridgehead atoms. The minimum atomic E-state index is -4.77. The van der Waals surface area contributed by atoms with Gasteiger partial charge in [-0.1, -0.05) is 36.4 Å². The minimum Gasteiger partial charge on any atom is -0.463 e. The van der Waals surface area contributed by atoms with E-state index in [1.165, 1.54) is 84.3 Å². The second kappa shape index (κ2) is 21.3. The van der Waals surface area contributed by atoms with Crippen molar-refractivity contribution >= 4 is 41.3 Å². The number of aliphatic imine (C=N–C) groups is 1. The van der Waals surface area contributed by atoms with Crippen LogP contribution in [0.4, 0.5) is 47.3 Å². The number of nitriles is 2. The Labute approximate surface area is 398 Å². The quantitative estimate of drug-likeness (QED) is 0.0534. The molecule has 0 aliphatic carbocycles. The minimum absolute atomic E-state index is 0.00299. The smallest absolute Gasteiger partial charge is 0.416 e. The predicted molar refractivity (Wildman–Crippen MR) is 243 cm³/mol. The van der Waals surface area contributed by atoms with E-state index in [1.54, 1.807) is 13.8 Å². The number of rotatable bonds is 14. The van der Waals surface area contributed by atoms with Crippen LogP contribution in [0.25, 0.3) is 0 Å². The molecule has 70 heavy (non-hydrogen) atoms. The van der Waals surface area contributed by atoms with Crippen LogP contribution >= 0.6 is 0 Å². The number of carbonyl (C=O) groups excluding carboxylic acids is 4. The second-order valence-corrected chi connectivity index (χ2v) is 15.6. The highest BCUT2D eigenvalue weighted by Crippen LogP contribution is 2.43. The first-order valence-corrected chi connectivity index (χ1v) is 21.6. The van der Waals surface area contributed by atoms with Gasteiger partial charge in [0.1, 0.15) is 0 Å². The van der Waals surface area contributed by atoms with Gasteiger partial charge in [0.2, 0.25) is 0 Å². The normalized spacial score (nSPS) is 16.8. The van der Waals surface area contributed by atoms with E-state index in [0.29, 0.717) is 11.1 Å². The molecule has 21 heteroatoms. The molecule has 4 amide bonds. The zero-order valence-corrected chi connectivity index (χ0v) is 38.1. The Morgan fingerprint density at radius 2 is 1.07 bits per heavy atom. The van der Waals surface area contributed by atoms with Crippen molar-refractivity contribution in [2.45, 2.75) is 52.1 Å². The molecule has 2 aliphatic rings. The summed E-state index contributed by atoms with van der Waals surface area (Å²) >= 11 is 0. The highest BCUT2D eigenvalue weighted by atomic mass is 19.4. The van der Waals surface area contributed by atoms with Gasteiger partial charge in [-0.05, 0) is 99.5 Å². The molecule has 0 aromatic heterocycles. The molecule has 2 atom stereocenters. The maximum absolute atomic E-state index is 14.6. The lowest BCUT2D eigenvalue weighted by Gasteiger charge is -2.43. The van der Waals surface area contributed by atoms with Crippen molar-refractivity contribution in [3.05, 3.63) is 153 Å². The van der Waals surface area contributed by atoms with Crippen LogP contribution in [0.1, 0.15) is 73.2 Å².